The molecule has 3 saturated heterocycles. The van der Waals surface area contributed by atoms with Crippen LogP contribution in [0.3, 0.4) is 0 Å². The van der Waals surface area contributed by atoms with Gasteiger partial charge in [-0.15, -0.1) is 0 Å². The summed E-state index contributed by atoms with van der Waals surface area (Å²) in [6.07, 6.45) is 6.77. The van der Waals surface area contributed by atoms with Crippen LogP contribution in [0.2, 0.25) is 0 Å². The van der Waals surface area contributed by atoms with Gasteiger partial charge in [-0.2, -0.15) is 0 Å². The van der Waals surface area contributed by atoms with Gasteiger partial charge in [-0.1, -0.05) is 0 Å². The van der Waals surface area contributed by atoms with Gasteiger partial charge in [0.15, 0.2) is 0 Å². The second-order valence-electron chi connectivity index (χ2n) is 8.54. The molecule has 6 nitrogen and oxygen atoms in total. The highest BCUT2D eigenvalue weighted by atomic mass is 32.2. The Kier molecular flexibility index (Phi) is 4.33. The molecular formula is C18H28N2O4S. The van der Waals surface area contributed by atoms with Gasteiger partial charge in [-0.25, -0.2) is 8.42 Å². The van der Waals surface area contributed by atoms with Crippen LogP contribution in [0.4, 0.5) is 0 Å². The lowest BCUT2D eigenvalue weighted by molar-refractivity contribution is -0.145. The van der Waals surface area contributed by atoms with E-state index in [9.17, 15) is 18.0 Å². The van der Waals surface area contributed by atoms with Gasteiger partial charge in [-0.3, -0.25) is 9.59 Å². The Hall–Kier alpha value is -1.11. The lowest BCUT2D eigenvalue weighted by Gasteiger charge is -2.49. The number of hydrogen-bond acceptors (Lipinski definition) is 4. The number of amides is 2. The van der Waals surface area contributed by atoms with E-state index in [2.05, 4.69) is 4.90 Å². The van der Waals surface area contributed by atoms with Crippen molar-refractivity contribution in [3.63, 3.8) is 0 Å². The summed E-state index contributed by atoms with van der Waals surface area (Å²) in [6.45, 7) is 2.33. The van der Waals surface area contributed by atoms with Crippen molar-refractivity contribution in [3.05, 3.63) is 0 Å². The fourth-order valence-corrected chi connectivity index (χ4v) is 6.38. The normalized spacial score (nSPS) is 33.7. The summed E-state index contributed by atoms with van der Waals surface area (Å²) in [4.78, 5) is 29.2. The minimum Gasteiger partial charge on any atom is -0.342 e. The molecule has 7 heteroatoms. The van der Waals surface area contributed by atoms with Crippen molar-refractivity contribution in [1.82, 2.24) is 9.80 Å². The standard InChI is InChI=1S/C18H28N2O4S/c21-16-4-8-18(13-20(16)15-2-3-15)7-1-9-19(12-18)17(22)14-5-10-25(23,24)11-6-14/h14-15H,1-13H2/t18-/m1/s1. The maximum absolute atomic E-state index is 12.9. The third kappa shape index (κ3) is 3.57. The third-order valence-electron chi connectivity index (χ3n) is 6.56. The molecule has 25 heavy (non-hydrogen) atoms. The largest absolute Gasteiger partial charge is 0.342 e. The van der Waals surface area contributed by atoms with E-state index in [4.69, 9.17) is 0 Å². The predicted octanol–water partition coefficient (Wildman–Crippen LogP) is 1.20. The van der Waals surface area contributed by atoms with E-state index in [1.807, 2.05) is 4.90 Å². The molecule has 1 aliphatic carbocycles. The van der Waals surface area contributed by atoms with Crippen LogP contribution in [0.25, 0.3) is 0 Å². The molecule has 0 bridgehead atoms. The van der Waals surface area contributed by atoms with Crippen molar-refractivity contribution in [1.29, 1.82) is 0 Å². The summed E-state index contributed by atoms with van der Waals surface area (Å²) < 4.78 is 23.2. The number of rotatable bonds is 2. The van der Waals surface area contributed by atoms with Crippen molar-refractivity contribution < 1.29 is 18.0 Å². The lowest BCUT2D eigenvalue weighted by Crippen LogP contribution is -2.56. The number of hydrogen-bond donors (Lipinski definition) is 0. The first-order valence-electron chi connectivity index (χ1n) is 9.66. The van der Waals surface area contributed by atoms with Gasteiger partial charge in [0.1, 0.15) is 9.84 Å². The molecular weight excluding hydrogens is 340 g/mol. The van der Waals surface area contributed by atoms with Gasteiger partial charge in [0.05, 0.1) is 11.5 Å². The molecule has 1 atom stereocenters. The summed E-state index contributed by atoms with van der Waals surface area (Å²) in [7, 11) is -2.94. The molecule has 3 aliphatic heterocycles. The Morgan fingerprint density at radius 2 is 1.76 bits per heavy atom. The molecule has 4 aliphatic rings. The molecule has 1 spiro atoms. The van der Waals surface area contributed by atoms with Gasteiger partial charge in [0.2, 0.25) is 11.8 Å². The van der Waals surface area contributed by atoms with Crippen molar-refractivity contribution in [2.75, 3.05) is 31.1 Å². The van der Waals surface area contributed by atoms with Crippen LogP contribution in [0, 0.1) is 11.3 Å². The summed E-state index contributed by atoms with van der Waals surface area (Å²) in [5, 5.41) is 0. The smallest absolute Gasteiger partial charge is 0.225 e. The van der Waals surface area contributed by atoms with Crippen LogP contribution in [-0.2, 0) is 19.4 Å². The van der Waals surface area contributed by atoms with E-state index in [1.165, 1.54) is 0 Å². The molecule has 0 aromatic carbocycles. The quantitative estimate of drug-likeness (QED) is 0.734. The fraction of sp³-hybridized carbons (Fsp3) is 0.889. The van der Waals surface area contributed by atoms with Gasteiger partial charge in [-0.05, 0) is 44.9 Å². The zero-order chi connectivity index (χ0) is 17.7. The van der Waals surface area contributed by atoms with E-state index >= 15 is 0 Å². The van der Waals surface area contributed by atoms with Crippen LogP contribution >= 0.6 is 0 Å². The molecule has 3 heterocycles. The Bertz CT molecular complexity index is 659. The Morgan fingerprint density at radius 3 is 2.44 bits per heavy atom. The molecule has 0 aromatic rings. The molecule has 0 unspecified atom stereocenters. The maximum atomic E-state index is 12.9. The third-order valence-corrected chi connectivity index (χ3v) is 8.28. The SMILES string of the molecule is O=C(C1CCS(=O)(=O)CC1)N1CCC[C@@]2(CCC(=O)N(C3CC3)C2)C1. The summed E-state index contributed by atoms with van der Waals surface area (Å²) >= 11 is 0. The minimum absolute atomic E-state index is 0.0607. The van der Waals surface area contributed by atoms with E-state index in [1.54, 1.807) is 0 Å². The number of nitrogens with zero attached hydrogens (tertiary/aromatic N) is 2. The number of likely N-dealkylation sites (tertiary alicyclic amines) is 2. The Balaban J connectivity index is 1.42. The van der Waals surface area contributed by atoms with Gasteiger partial charge in [0.25, 0.3) is 0 Å². The van der Waals surface area contributed by atoms with Crippen LogP contribution in [-0.4, -0.2) is 67.2 Å². The highest BCUT2D eigenvalue weighted by Crippen LogP contribution is 2.42. The van der Waals surface area contributed by atoms with Crippen LogP contribution in [0.5, 0.6) is 0 Å². The highest BCUT2D eigenvalue weighted by molar-refractivity contribution is 7.91. The zero-order valence-electron chi connectivity index (χ0n) is 14.8. The van der Waals surface area contributed by atoms with Gasteiger partial charge >= 0.3 is 0 Å². The van der Waals surface area contributed by atoms with E-state index in [0.29, 0.717) is 25.3 Å². The highest BCUT2D eigenvalue weighted by Gasteiger charge is 2.47. The Morgan fingerprint density at radius 1 is 1.04 bits per heavy atom. The number of carbonyl (C=O) groups excluding carboxylic acids is 2. The average Bonchev–Trinajstić information content (AvgIpc) is 3.42. The first-order valence-corrected chi connectivity index (χ1v) is 11.5. The summed E-state index contributed by atoms with van der Waals surface area (Å²) in [6, 6.07) is 0.444. The topological polar surface area (TPSA) is 74.8 Å². The molecule has 1 saturated carbocycles. The predicted molar refractivity (Wildman–Crippen MR) is 93.6 cm³/mol. The molecule has 0 aromatic heterocycles. The van der Waals surface area contributed by atoms with Crippen molar-refractivity contribution in [3.8, 4) is 0 Å². The maximum Gasteiger partial charge on any atom is 0.225 e. The molecule has 4 rings (SSSR count). The van der Waals surface area contributed by atoms with E-state index in [0.717, 1.165) is 51.7 Å². The molecule has 4 fully saturated rings. The monoisotopic (exact) mass is 368 g/mol. The second kappa shape index (κ2) is 6.25. The van der Waals surface area contributed by atoms with Crippen LogP contribution < -0.4 is 0 Å². The lowest BCUT2D eigenvalue weighted by atomic mass is 9.73. The number of carbonyl (C=O) groups is 2. The van der Waals surface area contributed by atoms with Crippen molar-refractivity contribution >= 4 is 21.7 Å². The van der Waals surface area contributed by atoms with Gasteiger partial charge in [0, 0.05) is 43.4 Å². The van der Waals surface area contributed by atoms with Crippen molar-refractivity contribution in [2.24, 2.45) is 11.3 Å². The average molecular weight is 368 g/mol. The van der Waals surface area contributed by atoms with Crippen LogP contribution in [0.1, 0.15) is 51.4 Å². The van der Waals surface area contributed by atoms with Gasteiger partial charge < -0.3 is 9.80 Å². The van der Waals surface area contributed by atoms with E-state index < -0.39 is 9.84 Å². The van der Waals surface area contributed by atoms with Crippen molar-refractivity contribution in [2.45, 2.75) is 57.4 Å². The Labute approximate surface area is 149 Å². The molecule has 0 radical (unpaired) electrons. The zero-order valence-corrected chi connectivity index (χ0v) is 15.6. The number of piperidine rings is 2. The second-order valence-corrected chi connectivity index (χ2v) is 10.8. The molecule has 0 N–H and O–H groups in total. The summed E-state index contributed by atoms with van der Waals surface area (Å²) in [5.41, 5.74) is 0.0607. The molecule has 140 valence electrons. The molecule has 2 amide bonds. The van der Waals surface area contributed by atoms with E-state index in [-0.39, 0.29) is 34.7 Å². The number of sulfone groups is 1. The fourth-order valence-electron chi connectivity index (χ4n) is 4.89. The minimum atomic E-state index is -2.94. The first kappa shape index (κ1) is 17.3. The first-order chi connectivity index (χ1) is 11.9. The summed E-state index contributed by atoms with van der Waals surface area (Å²) in [5.74, 6) is 0.583. The van der Waals surface area contributed by atoms with Crippen LogP contribution in [0.15, 0.2) is 0 Å².